The Morgan fingerprint density at radius 2 is 2.00 bits per heavy atom. The molecule has 3 aliphatic rings. The van der Waals surface area contributed by atoms with Crippen LogP contribution in [-0.2, 0) is 4.74 Å². The fourth-order valence-electron chi connectivity index (χ4n) is 3.30. The molecule has 1 aromatic carbocycles. The molecule has 3 heteroatoms. The number of rotatable bonds is 2. The first-order valence-electron chi connectivity index (χ1n) is 6.43. The van der Waals surface area contributed by atoms with Crippen molar-refractivity contribution in [1.29, 1.82) is 0 Å². The third kappa shape index (κ3) is 1.36. The van der Waals surface area contributed by atoms with Gasteiger partial charge in [0.2, 0.25) is 0 Å². The smallest absolute Gasteiger partial charge is 0.116 e. The normalized spacial score (nSPS) is 38.1. The van der Waals surface area contributed by atoms with Crippen LogP contribution in [0.25, 0.3) is 0 Å². The van der Waals surface area contributed by atoms with Crippen molar-refractivity contribution in [1.82, 2.24) is 4.90 Å². The zero-order valence-corrected chi connectivity index (χ0v) is 11.3. The fourth-order valence-corrected chi connectivity index (χ4v) is 3.70. The summed E-state index contributed by atoms with van der Waals surface area (Å²) in [5, 5.41) is 0.925. The van der Waals surface area contributed by atoms with Crippen LogP contribution in [0.3, 0.4) is 0 Å². The molecule has 0 N–H and O–H groups in total. The van der Waals surface area contributed by atoms with Gasteiger partial charge in [0.1, 0.15) is 5.76 Å². The Bertz CT molecular complexity index is 619. The molecule has 1 aliphatic carbocycles. The Kier molecular flexibility index (Phi) is 2.23. The topological polar surface area (TPSA) is 12.2 Å². The van der Waals surface area contributed by atoms with Crippen molar-refractivity contribution in [2.45, 2.75) is 17.6 Å². The number of allylic oxidation sites excluding steroid dienone is 1. The zero-order valence-electron chi connectivity index (χ0n) is 10.6. The van der Waals surface area contributed by atoms with Crippen LogP contribution in [-0.4, -0.2) is 23.6 Å². The van der Waals surface area contributed by atoms with Crippen LogP contribution < -0.4 is 0 Å². The van der Waals surface area contributed by atoms with Crippen LogP contribution in [0.5, 0.6) is 0 Å². The molecule has 96 valence electrons. The molecule has 1 spiro atoms. The van der Waals surface area contributed by atoms with E-state index in [1.807, 2.05) is 12.1 Å². The minimum Gasteiger partial charge on any atom is -0.497 e. The Morgan fingerprint density at radius 1 is 1.21 bits per heavy atom. The Morgan fingerprint density at radius 3 is 2.74 bits per heavy atom. The maximum atomic E-state index is 6.50. The van der Waals surface area contributed by atoms with Crippen LogP contribution >= 0.6 is 11.6 Å². The summed E-state index contributed by atoms with van der Waals surface area (Å²) in [4.78, 5) is 2.42. The third-order valence-electron chi connectivity index (χ3n) is 4.30. The molecular weight excluding hydrogens is 258 g/mol. The Balaban J connectivity index is 1.74. The van der Waals surface area contributed by atoms with Crippen LogP contribution in [0.2, 0.25) is 0 Å². The van der Waals surface area contributed by atoms with Gasteiger partial charge in [-0.1, -0.05) is 48.0 Å². The summed E-state index contributed by atoms with van der Waals surface area (Å²) in [6.45, 7) is 0. The molecule has 2 aliphatic heterocycles. The van der Waals surface area contributed by atoms with Gasteiger partial charge in [0, 0.05) is 5.03 Å². The first-order chi connectivity index (χ1) is 9.27. The van der Waals surface area contributed by atoms with Crippen molar-refractivity contribution in [2.24, 2.45) is 0 Å². The Labute approximate surface area is 117 Å². The maximum Gasteiger partial charge on any atom is 0.116 e. The lowest BCUT2D eigenvalue weighted by atomic mass is 9.98. The van der Waals surface area contributed by atoms with Gasteiger partial charge < -0.3 is 4.74 Å². The summed E-state index contributed by atoms with van der Waals surface area (Å²) in [7, 11) is 1.70. The number of ether oxygens (including phenoxy) is 1. The van der Waals surface area contributed by atoms with Crippen LogP contribution in [0.15, 0.2) is 65.4 Å². The monoisotopic (exact) mass is 271 g/mol. The molecule has 0 saturated carbocycles. The van der Waals surface area contributed by atoms with Gasteiger partial charge >= 0.3 is 0 Å². The standard InChI is InChI=1S/C16H14ClNO/c1-19-12-7-8-16-14(17)10-13(18(16)15(16)9-12)11-5-3-2-4-6-11/h2-10,13,15H,1H3. The summed E-state index contributed by atoms with van der Waals surface area (Å²) in [6.07, 6.45) is 8.49. The quantitative estimate of drug-likeness (QED) is 0.765. The van der Waals surface area contributed by atoms with Crippen molar-refractivity contribution in [2.75, 3.05) is 7.11 Å². The highest BCUT2D eigenvalue weighted by atomic mass is 35.5. The third-order valence-corrected chi connectivity index (χ3v) is 4.73. The number of benzene rings is 1. The van der Waals surface area contributed by atoms with Crippen molar-refractivity contribution >= 4 is 11.6 Å². The van der Waals surface area contributed by atoms with E-state index in [1.165, 1.54) is 5.56 Å². The SMILES string of the molecule is COC1=CC2N3C(c4ccccc4)C=C(Cl)C23C=C1. The summed E-state index contributed by atoms with van der Waals surface area (Å²) in [5.74, 6) is 0.918. The first kappa shape index (κ1) is 11.3. The van der Waals surface area contributed by atoms with E-state index >= 15 is 0 Å². The summed E-state index contributed by atoms with van der Waals surface area (Å²) < 4.78 is 5.31. The van der Waals surface area contributed by atoms with Gasteiger partial charge in [-0.05, 0) is 23.8 Å². The Hall–Kier alpha value is -1.51. The molecule has 19 heavy (non-hydrogen) atoms. The van der Waals surface area contributed by atoms with Gasteiger partial charge in [-0.15, -0.1) is 0 Å². The molecule has 4 unspecified atom stereocenters. The van der Waals surface area contributed by atoms with E-state index in [-0.39, 0.29) is 11.6 Å². The fraction of sp³-hybridized carbons (Fsp3) is 0.250. The highest BCUT2D eigenvalue weighted by molar-refractivity contribution is 6.32. The molecule has 1 saturated heterocycles. The zero-order chi connectivity index (χ0) is 13.0. The molecule has 2 nitrogen and oxygen atoms in total. The second kappa shape index (κ2) is 3.75. The van der Waals surface area contributed by atoms with Crippen LogP contribution in [0, 0.1) is 0 Å². The molecule has 0 aromatic heterocycles. The number of methoxy groups -OCH3 is 1. The van der Waals surface area contributed by atoms with E-state index in [0.29, 0.717) is 6.04 Å². The highest BCUT2D eigenvalue weighted by Crippen LogP contribution is 2.62. The van der Waals surface area contributed by atoms with Crippen LogP contribution in [0.1, 0.15) is 11.6 Å². The van der Waals surface area contributed by atoms with Crippen molar-refractivity contribution in [3.05, 3.63) is 71.0 Å². The van der Waals surface area contributed by atoms with Gasteiger partial charge in [0.15, 0.2) is 0 Å². The molecule has 0 amide bonds. The number of nitrogens with zero attached hydrogens (tertiary/aromatic N) is 1. The molecule has 0 radical (unpaired) electrons. The van der Waals surface area contributed by atoms with Gasteiger partial charge in [0.25, 0.3) is 0 Å². The van der Waals surface area contributed by atoms with Crippen molar-refractivity contribution in [3.8, 4) is 0 Å². The van der Waals surface area contributed by atoms with E-state index in [0.717, 1.165) is 10.8 Å². The number of halogens is 1. The minimum atomic E-state index is -0.107. The molecule has 1 fully saturated rings. The van der Waals surface area contributed by atoms with Gasteiger partial charge in [-0.3, -0.25) is 4.90 Å². The molecule has 1 aromatic rings. The second-order valence-corrected chi connectivity index (χ2v) is 5.56. The highest BCUT2D eigenvalue weighted by Gasteiger charge is 2.68. The molecular formula is C16H14ClNO. The van der Waals surface area contributed by atoms with Gasteiger partial charge in [-0.2, -0.15) is 0 Å². The number of hydrogen-bond donors (Lipinski definition) is 0. The van der Waals surface area contributed by atoms with E-state index < -0.39 is 0 Å². The first-order valence-corrected chi connectivity index (χ1v) is 6.81. The van der Waals surface area contributed by atoms with E-state index in [4.69, 9.17) is 16.3 Å². The second-order valence-electron chi connectivity index (χ2n) is 5.15. The predicted octanol–water partition coefficient (Wildman–Crippen LogP) is 3.39. The largest absolute Gasteiger partial charge is 0.497 e. The van der Waals surface area contributed by atoms with E-state index in [1.54, 1.807) is 7.11 Å². The average molecular weight is 272 g/mol. The maximum absolute atomic E-state index is 6.50. The molecule has 0 bridgehead atoms. The van der Waals surface area contributed by atoms with Crippen molar-refractivity contribution < 1.29 is 4.74 Å². The van der Waals surface area contributed by atoms with E-state index in [2.05, 4.69) is 47.4 Å². The molecule has 2 heterocycles. The lowest BCUT2D eigenvalue weighted by Gasteiger charge is -2.12. The van der Waals surface area contributed by atoms with E-state index in [9.17, 15) is 0 Å². The summed E-state index contributed by atoms with van der Waals surface area (Å²) >= 11 is 6.50. The molecule has 4 rings (SSSR count). The van der Waals surface area contributed by atoms with Gasteiger partial charge in [-0.25, -0.2) is 0 Å². The summed E-state index contributed by atoms with van der Waals surface area (Å²) in [5.41, 5.74) is 1.18. The predicted molar refractivity (Wildman–Crippen MR) is 75.7 cm³/mol. The summed E-state index contributed by atoms with van der Waals surface area (Å²) in [6, 6.07) is 11.1. The number of hydrogen-bond acceptors (Lipinski definition) is 2. The van der Waals surface area contributed by atoms with Gasteiger partial charge in [0.05, 0.1) is 24.7 Å². The minimum absolute atomic E-state index is 0.107. The number of fused-ring (bicyclic) bond motifs is 1. The van der Waals surface area contributed by atoms with Crippen LogP contribution in [0.4, 0.5) is 0 Å². The molecule has 4 atom stereocenters. The average Bonchev–Trinajstić information content (AvgIpc) is 3.05. The lowest BCUT2D eigenvalue weighted by Crippen LogP contribution is -2.14. The van der Waals surface area contributed by atoms with Crippen molar-refractivity contribution in [3.63, 3.8) is 0 Å². The lowest BCUT2D eigenvalue weighted by molar-refractivity contribution is 0.303.